The molecular weight excluding hydrogens is 407 g/mol. The van der Waals surface area contributed by atoms with Crippen LogP contribution in [0, 0.1) is 15.9 Å². The summed E-state index contributed by atoms with van der Waals surface area (Å²) in [5.41, 5.74) is 0.568. The summed E-state index contributed by atoms with van der Waals surface area (Å²) in [6.45, 7) is 2.16. The van der Waals surface area contributed by atoms with Crippen LogP contribution >= 0.6 is 23.8 Å². The number of anilines is 1. The predicted molar refractivity (Wildman–Crippen MR) is 108 cm³/mol. The van der Waals surface area contributed by atoms with Crippen molar-refractivity contribution in [1.29, 1.82) is 0 Å². The normalized spacial score (nSPS) is 13.9. The van der Waals surface area contributed by atoms with Crippen molar-refractivity contribution in [2.75, 3.05) is 31.1 Å². The van der Waals surface area contributed by atoms with E-state index < -0.39 is 16.6 Å². The molecule has 0 bridgehead atoms. The van der Waals surface area contributed by atoms with Crippen LogP contribution in [0.25, 0.3) is 0 Å². The Bertz CT molecular complexity index is 935. The maximum Gasteiger partial charge on any atom is 0.271 e. The average molecular weight is 423 g/mol. The number of amides is 1. The molecule has 146 valence electrons. The number of piperazine rings is 1. The number of nitrogens with one attached hydrogen (secondary N) is 1. The van der Waals surface area contributed by atoms with Crippen LogP contribution in [0.4, 0.5) is 15.8 Å². The third kappa shape index (κ3) is 4.37. The first-order valence-corrected chi connectivity index (χ1v) is 9.19. The predicted octanol–water partition coefficient (Wildman–Crippen LogP) is 3.22. The smallest absolute Gasteiger partial charge is 0.271 e. The number of non-ortho nitro benzene ring substituents is 1. The van der Waals surface area contributed by atoms with Crippen molar-refractivity contribution in [3.8, 4) is 0 Å². The van der Waals surface area contributed by atoms with E-state index in [1.165, 1.54) is 30.3 Å². The standard InChI is InChI=1S/C18H16ClFN4O3S/c19-14-11-12(24(26)27)5-6-16(14)22-7-9-23(10-8-22)18(28)21-17(25)13-3-1-2-4-15(13)20/h1-6,11H,7-10H2,(H,21,25,28). The van der Waals surface area contributed by atoms with E-state index in [1.807, 2.05) is 9.80 Å². The highest BCUT2D eigenvalue weighted by atomic mass is 35.5. The van der Waals surface area contributed by atoms with Gasteiger partial charge in [-0.15, -0.1) is 0 Å². The molecule has 1 saturated heterocycles. The summed E-state index contributed by atoms with van der Waals surface area (Å²) in [7, 11) is 0. The lowest BCUT2D eigenvalue weighted by Gasteiger charge is -2.37. The number of rotatable bonds is 3. The Morgan fingerprint density at radius 1 is 1.18 bits per heavy atom. The highest BCUT2D eigenvalue weighted by Gasteiger charge is 2.23. The van der Waals surface area contributed by atoms with Gasteiger partial charge in [0.15, 0.2) is 5.11 Å². The zero-order chi connectivity index (χ0) is 20.3. The van der Waals surface area contributed by atoms with Gasteiger partial charge in [0.05, 0.1) is 21.2 Å². The minimum Gasteiger partial charge on any atom is -0.367 e. The van der Waals surface area contributed by atoms with Crippen molar-refractivity contribution in [3.63, 3.8) is 0 Å². The van der Waals surface area contributed by atoms with Crippen LogP contribution in [0.1, 0.15) is 10.4 Å². The van der Waals surface area contributed by atoms with Crippen molar-refractivity contribution < 1.29 is 14.1 Å². The van der Waals surface area contributed by atoms with Gasteiger partial charge in [-0.25, -0.2) is 4.39 Å². The maximum atomic E-state index is 13.7. The molecule has 1 N–H and O–H groups in total. The summed E-state index contributed by atoms with van der Waals surface area (Å²) in [4.78, 5) is 26.3. The summed E-state index contributed by atoms with van der Waals surface area (Å²) in [5.74, 6) is -1.20. The number of nitrogens with zero attached hydrogens (tertiary/aromatic N) is 3. The van der Waals surface area contributed by atoms with Crippen molar-refractivity contribution in [2.45, 2.75) is 0 Å². The number of nitro groups is 1. The van der Waals surface area contributed by atoms with Gasteiger partial charge in [0.1, 0.15) is 5.82 Å². The Morgan fingerprint density at radius 3 is 2.46 bits per heavy atom. The molecule has 0 radical (unpaired) electrons. The van der Waals surface area contributed by atoms with Crippen LogP contribution in [-0.4, -0.2) is 47.0 Å². The molecule has 1 heterocycles. The van der Waals surface area contributed by atoms with Gasteiger partial charge in [0.25, 0.3) is 11.6 Å². The summed E-state index contributed by atoms with van der Waals surface area (Å²) in [6, 6.07) is 10.0. The van der Waals surface area contributed by atoms with Crippen LogP contribution < -0.4 is 10.2 Å². The van der Waals surface area contributed by atoms with Crippen molar-refractivity contribution in [1.82, 2.24) is 10.2 Å². The van der Waals surface area contributed by atoms with Crippen LogP contribution in [-0.2, 0) is 0 Å². The van der Waals surface area contributed by atoms with E-state index in [1.54, 1.807) is 12.1 Å². The third-order valence-electron chi connectivity index (χ3n) is 4.39. The number of hydrogen-bond donors (Lipinski definition) is 1. The number of benzene rings is 2. The lowest BCUT2D eigenvalue weighted by molar-refractivity contribution is -0.384. The molecule has 0 spiro atoms. The van der Waals surface area contributed by atoms with Crippen LogP contribution in [0.15, 0.2) is 42.5 Å². The van der Waals surface area contributed by atoms with Gasteiger partial charge in [-0.3, -0.25) is 20.2 Å². The van der Waals surface area contributed by atoms with E-state index in [4.69, 9.17) is 23.8 Å². The minimum atomic E-state index is -0.611. The minimum absolute atomic E-state index is 0.0654. The molecule has 1 aliphatic rings. The molecular formula is C18H16ClFN4O3S. The van der Waals surface area contributed by atoms with E-state index >= 15 is 0 Å². The second-order valence-electron chi connectivity index (χ2n) is 6.11. The van der Waals surface area contributed by atoms with Crippen LogP contribution in [0.5, 0.6) is 0 Å². The Kier molecular flexibility index (Phi) is 6.05. The van der Waals surface area contributed by atoms with E-state index in [-0.39, 0.29) is 16.4 Å². The monoisotopic (exact) mass is 422 g/mol. The van der Waals surface area contributed by atoms with Gasteiger partial charge in [-0.05, 0) is 30.4 Å². The number of hydrogen-bond acceptors (Lipinski definition) is 5. The fourth-order valence-electron chi connectivity index (χ4n) is 2.91. The van der Waals surface area contributed by atoms with Crippen molar-refractivity contribution in [2.24, 2.45) is 0 Å². The highest BCUT2D eigenvalue weighted by Crippen LogP contribution is 2.30. The van der Waals surface area contributed by atoms with Crippen LogP contribution in [0.2, 0.25) is 5.02 Å². The molecule has 1 amide bonds. The molecule has 0 saturated carbocycles. The van der Waals surface area contributed by atoms with Gasteiger partial charge in [0.2, 0.25) is 0 Å². The summed E-state index contributed by atoms with van der Waals surface area (Å²) in [6.07, 6.45) is 0. The van der Waals surface area contributed by atoms with Gasteiger partial charge >= 0.3 is 0 Å². The number of carbonyl (C=O) groups is 1. The first kappa shape index (κ1) is 20.0. The zero-order valence-electron chi connectivity index (χ0n) is 14.6. The molecule has 28 heavy (non-hydrogen) atoms. The van der Waals surface area contributed by atoms with Crippen LogP contribution in [0.3, 0.4) is 0 Å². The Labute approximate surface area is 170 Å². The van der Waals surface area contributed by atoms with Gasteiger partial charge in [-0.1, -0.05) is 23.7 Å². The first-order chi connectivity index (χ1) is 13.4. The molecule has 0 unspecified atom stereocenters. The average Bonchev–Trinajstić information content (AvgIpc) is 2.68. The molecule has 2 aromatic carbocycles. The van der Waals surface area contributed by atoms with E-state index in [9.17, 15) is 19.3 Å². The number of halogens is 2. The summed E-state index contributed by atoms with van der Waals surface area (Å²) < 4.78 is 13.7. The van der Waals surface area contributed by atoms with Crippen molar-refractivity contribution in [3.05, 3.63) is 69.0 Å². The van der Waals surface area contributed by atoms with E-state index in [0.717, 1.165) is 0 Å². The fraction of sp³-hybridized carbons (Fsp3) is 0.222. The Balaban J connectivity index is 1.59. The Morgan fingerprint density at radius 2 is 1.86 bits per heavy atom. The number of carbonyl (C=O) groups excluding carboxylic acids is 1. The molecule has 0 aliphatic carbocycles. The molecule has 3 rings (SSSR count). The first-order valence-electron chi connectivity index (χ1n) is 8.40. The molecule has 0 atom stereocenters. The molecule has 2 aromatic rings. The number of thiocarbonyl (C=S) groups is 1. The quantitative estimate of drug-likeness (QED) is 0.465. The largest absolute Gasteiger partial charge is 0.367 e. The number of nitro benzene ring substituents is 1. The Hall–Kier alpha value is -2.78. The highest BCUT2D eigenvalue weighted by molar-refractivity contribution is 7.80. The van der Waals surface area contributed by atoms with Crippen molar-refractivity contribution >= 4 is 46.2 Å². The van der Waals surface area contributed by atoms with E-state index in [0.29, 0.717) is 36.9 Å². The maximum absolute atomic E-state index is 13.7. The van der Waals surface area contributed by atoms with Gasteiger partial charge < -0.3 is 9.80 Å². The summed E-state index contributed by atoms with van der Waals surface area (Å²) >= 11 is 11.5. The third-order valence-corrected chi connectivity index (χ3v) is 5.05. The SMILES string of the molecule is O=C(NC(=S)N1CCN(c2ccc([N+](=O)[O-])cc2Cl)CC1)c1ccccc1F. The summed E-state index contributed by atoms with van der Waals surface area (Å²) in [5, 5.41) is 13.9. The fourth-order valence-corrected chi connectivity index (χ4v) is 3.47. The van der Waals surface area contributed by atoms with Gasteiger partial charge in [-0.2, -0.15) is 0 Å². The molecule has 1 fully saturated rings. The molecule has 10 heteroatoms. The lowest BCUT2D eigenvalue weighted by atomic mass is 10.2. The molecule has 7 nitrogen and oxygen atoms in total. The van der Waals surface area contributed by atoms with Gasteiger partial charge in [0, 0.05) is 38.3 Å². The second-order valence-corrected chi connectivity index (χ2v) is 6.90. The zero-order valence-corrected chi connectivity index (χ0v) is 16.2. The molecule has 0 aromatic heterocycles. The lowest BCUT2D eigenvalue weighted by Crippen LogP contribution is -2.52. The topological polar surface area (TPSA) is 78.7 Å². The second kappa shape index (κ2) is 8.49. The molecule has 1 aliphatic heterocycles. The van der Waals surface area contributed by atoms with E-state index in [2.05, 4.69) is 5.32 Å².